The van der Waals surface area contributed by atoms with Crippen molar-refractivity contribution in [3.8, 4) is 17.2 Å². The molecule has 0 saturated carbocycles. The summed E-state index contributed by atoms with van der Waals surface area (Å²) in [7, 11) is 0. The Hall–Kier alpha value is -3.48. The van der Waals surface area contributed by atoms with Crippen LogP contribution in [0.4, 0.5) is 0 Å². The molecule has 4 rings (SSSR count). The maximum atomic E-state index is 12.9. The SMILES string of the molecule is CCCCN1C(=O)C(=O)/C(=C(\O)c2ccc3c(c2)OCCO3)C1c1cccc(O)c1. The number of Topliss-reactive ketones (excluding diaryl/α,β-unsaturated/α-hetero) is 1. The van der Waals surface area contributed by atoms with Crippen LogP contribution in [0.3, 0.4) is 0 Å². The summed E-state index contributed by atoms with van der Waals surface area (Å²) in [6.45, 7) is 3.20. The van der Waals surface area contributed by atoms with Crippen molar-refractivity contribution in [2.45, 2.75) is 25.8 Å². The summed E-state index contributed by atoms with van der Waals surface area (Å²) >= 11 is 0. The molecule has 1 saturated heterocycles. The van der Waals surface area contributed by atoms with Gasteiger partial charge in [0, 0.05) is 12.1 Å². The second kappa shape index (κ2) is 8.10. The van der Waals surface area contributed by atoms with Gasteiger partial charge < -0.3 is 24.6 Å². The van der Waals surface area contributed by atoms with Gasteiger partial charge in [-0.1, -0.05) is 25.5 Å². The van der Waals surface area contributed by atoms with Gasteiger partial charge in [-0.3, -0.25) is 9.59 Å². The number of carbonyl (C=O) groups is 2. The minimum absolute atomic E-state index is 0.00150. The highest BCUT2D eigenvalue weighted by atomic mass is 16.6. The van der Waals surface area contributed by atoms with Crippen molar-refractivity contribution in [1.82, 2.24) is 4.90 Å². The molecule has 7 heteroatoms. The number of hydrogen-bond donors (Lipinski definition) is 2. The number of rotatable bonds is 5. The highest BCUT2D eigenvalue weighted by Crippen LogP contribution is 2.41. The first-order chi connectivity index (χ1) is 14.5. The van der Waals surface area contributed by atoms with Crippen LogP contribution in [0.5, 0.6) is 17.2 Å². The fraction of sp³-hybridized carbons (Fsp3) is 0.304. The number of hydrogen-bond acceptors (Lipinski definition) is 6. The topological polar surface area (TPSA) is 96.3 Å². The van der Waals surface area contributed by atoms with E-state index in [2.05, 4.69) is 0 Å². The average molecular weight is 409 g/mol. The number of ether oxygens (including phenoxy) is 2. The number of carbonyl (C=O) groups excluding carboxylic acids is 2. The number of benzene rings is 2. The Morgan fingerprint density at radius 1 is 1.10 bits per heavy atom. The average Bonchev–Trinajstić information content (AvgIpc) is 3.01. The largest absolute Gasteiger partial charge is 0.508 e. The molecule has 0 spiro atoms. The molecule has 2 aliphatic rings. The molecule has 2 heterocycles. The maximum absolute atomic E-state index is 12.9. The molecule has 0 aromatic heterocycles. The lowest BCUT2D eigenvalue weighted by atomic mass is 9.95. The van der Waals surface area contributed by atoms with E-state index >= 15 is 0 Å². The molecule has 2 aromatic rings. The molecule has 30 heavy (non-hydrogen) atoms. The third kappa shape index (κ3) is 3.47. The Morgan fingerprint density at radius 3 is 2.60 bits per heavy atom. The van der Waals surface area contributed by atoms with Gasteiger partial charge in [-0.25, -0.2) is 0 Å². The molecule has 2 N–H and O–H groups in total. The van der Waals surface area contributed by atoms with Crippen LogP contribution in [0.2, 0.25) is 0 Å². The van der Waals surface area contributed by atoms with E-state index in [-0.39, 0.29) is 17.1 Å². The molecule has 2 aromatic carbocycles. The first-order valence-corrected chi connectivity index (χ1v) is 9.98. The van der Waals surface area contributed by atoms with E-state index in [1.54, 1.807) is 30.3 Å². The van der Waals surface area contributed by atoms with E-state index in [9.17, 15) is 19.8 Å². The van der Waals surface area contributed by atoms with Gasteiger partial charge in [-0.15, -0.1) is 0 Å². The highest BCUT2D eigenvalue weighted by molar-refractivity contribution is 6.46. The first kappa shape index (κ1) is 19.8. The zero-order chi connectivity index (χ0) is 21.3. The summed E-state index contributed by atoms with van der Waals surface area (Å²) in [4.78, 5) is 27.2. The molecule has 7 nitrogen and oxygen atoms in total. The number of aromatic hydroxyl groups is 1. The summed E-state index contributed by atoms with van der Waals surface area (Å²) in [6.07, 6.45) is 1.56. The lowest BCUT2D eigenvalue weighted by Gasteiger charge is -2.25. The van der Waals surface area contributed by atoms with Crippen molar-refractivity contribution in [2.75, 3.05) is 19.8 Å². The number of likely N-dealkylation sites (tertiary alicyclic amines) is 1. The Labute approximate surface area is 174 Å². The number of aliphatic hydroxyl groups excluding tert-OH is 1. The van der Waals surface area contributed by atoms with E-state index in [0.717, 1.165) is 6.42 Å². The Morgan fingerprint density at radius 2 is 1.87 bits per heavy atom. The van der Waals surface area contributed by atoms with Gasteiger partial charge in [0.15, 0.2) is 11.5 Å². The van der Waals surface area contributed by atoms with E-state index in [1.165, 1.54) is 17.0 Å². The van der Waals surface area contributed by atoms with Crippen LogP contribution in [0.15, 0.2) is 48.0 Å². The Kier molecular flexibility index (Phi) is 5.35. The third-order valence-corrected chi connectivity index (χ3v) is 5.29. The number of fused-ring (bicyclic) bond motifs is 1. The fourth-order valence-corrected chi connectivity index (χ4v) is 3.83. The first-order valence-electron chi connectivity index (χ1n) is 9.98. The number of amides is 1. The Balaban J connectivity index is 1.84. The Bertz CT molecular complexity index is 1030. The van der Waals surface area contributed by atoms with Gasteiger partial charge >= 0.3 is 0 Å². The van der Waals surface area contributed by atoms with Crippen LogP contribution in [0.25, 0.3) is 5.76 Å². The zero-order valence-corrected chi connectivity index (χ0v) is 16.6. The molecule has 2 aliphatic heterocycles. The molecular weight excluding hydrogens is 386 g/mol. The number of phenolic OH excluding ortho intramolecular Hbond substituents is 1. The van der Waals surface area contributed by atoms with Gasteiger partial charge in [0.25, 0.3) is 11.7 Å². The lowest BCUT2D eigenvalue weighted by molar-refractivity contribution is -0.139. The second-order valence-corrected chi connectivity index (χ2v) is 7.30. The van der Waals surface area contributed by atoms with Crippen molar-refractivity contribution in [3.63, 3.8) is 0 Å². The van der Waals surface area contributed by atoms with Crippen molar-refractivity contribution in [3.05, 3.63) is 59.2 Å². The maximum Gasteiger partial charge on any atom is 0.295 e. The predicted octanol–water partition coefficient (Wildman–Crippen LogP) is 3.39. The van der Waals surface area contributed by atoms with Gasteiger partial charge in [0.2, 0.25) is 0 Å². The molecule has 1 amide bonds. The number of ketones is 1. The van der Waals surface area contributed by atoms with Gasteiger partial charge in [0.05, 0.1) is 11.6 Å². The number of unbranched alkanes of at least 4 members (excludes halogenated alkanes) is 1. The summed E-state index contributed by atoms with van der Waals surface area (Å²) in [5.74, 6) is -0.626. The third-order valence-electron chi connectivity index (χ3n) is 5.29. The van der Waals surface area contributed by atoms with Crippen LogP contribution in [0.1, 0.15) is 36.9 Å². The fourth-order valence-electron chi connectivity index (χ4n) is 3.83. The van der Waals surface area contributed by atoms with Crippen LogP contribution in [-0.2, 0) is 9.59 Å². The second-order valence-electron chi connectivity index (χ2n) is 7.30. The van der Waals surface area contributed by atoms with Crippen LogP contribution in [-0.4, -0.2) is 46.6 Å². The standard InChI is InChI=1S/C23H23NO6/c1-2-3-9-24-20(14-5-4-6-16(25)12-14)19(22(27)23(24)28)21(26)15-7-8-17-18(13-15)30-11-10-29-17/h4-8,12-13,20,25-26H,2-3,9-11H2,1H3/b21-19-. The van der Waals surface area contributed by atoms with E-state index in [0.29, 0.717) is 48.8 Å². The molecular formula is C23H23NO6. The molecule has 0 radical (unpaired) electrons. The number of phenols is 1. The molecule has 1 fully saturated rings. The van der Waals surface area contributed by atoms with Crippen LogP contribution < -0.4 is 9.47 Å². The van der Waals surface area contributed by atoms with E-state index < -0.39 is 17.7 Å². The molecule has 0 bridgehead atoms. The van der Waals surface area contributed by atoms with Gasteiger partial charge in [0.1, 0.15) is 24.7 Å². The summed E-state index contributed by atoms with van der Waals surface area (Å²) in [5.41, 5.74) is 0.917. The van der Waals surface area contributed by atoms with Gasteiger partial charge in [-0.2, -0.15) is 0 Å². The molecule has 1 unspecified atom stereocenters. The van der Waals surface area contributed by atoms with Gasteiger partial charge in [-0.05, 0) is 42.3 Å². The minimum Gasteiger partial charge on any atom is -0.508 e. The lowest BCUT2D eigenvalue weighted by Crippen LogP contribution is -2.30. The van der Waals surface area contributed by atoms with Crippen molar-refractivity contribution in [1.29, 1.82) is 0 Å². The molecule has 0 aliphatic carbocycles. The van der Waals surface area contributed by atoms with Crippen LogP contribution in [0, 0.1) is 0 Å². The summed E-state index contributed by atoms with van der Waals surface area (Å²) in [5, 5.41) is 21.0. The minimum atomic E-state index is -0.781. The van der Waals surface area contributed by atoms with E-state index in [4.69, 9.17) is 9.47 Å². The summed E-state index contributed by atoms with van der Waals surface area (Å²) < 4.78 is 11.1. The zero-order valence-electron chi connectivity index (χ0n) is 16.6. The highest BCUT2D eigenvalue weighted by Gasteiger charge is 2.45. The summed E-state index contributed by atoms with van der Waals surface area (Å²) in [6, 6.07) is 10.5. The number of nitrogens with zero attached hydrogens (tertiary/aromatic N) is 1. The van der Waals surface area contributed by atoms with Crippen molar-refractivity contribution < 1.29 is 29.3 Å². The molecule has 156 valence electrons. The van der Waals surface area contributed by atoms with E-state index in [1.807, 2.05) is 6.92 Å². The normalized spacial score (nSPS) is 19.9. The van der Waals surface area contributed by atoms with Crippen molar-refractivity contribution in [2.24, 2.45) is 0 Å². The predicted molar refractivity (Wildman–Crippen MR) is 109 cm³/mol. The monoisotopic (exact) mass is 409 g/mol. The molecule has 1 atom stereocenters. The number of aliphatic hydroxyl groups is 1. The van der Waals surface area contributed by atoms with Crippen molar-refractivity contribution >= 4 is 17.4 Å². The smallest absolute Gasteiger partial charge is 0.295 e. The van der Waals surface area contributed by atoms with Crippen LogP contribution >= 0.6 is 0 Å². The quantitative estimate of drug-likeness (QED) is 0.446.